The smallest absolute Gasteiger partial charge is 0.328 e. The fraction of sp³-hybridized carbons (Fsp3) is 0.273. The Bertz CT molecular complexity index is 1120. The maximum atomic E-state index is 12.9. The summed E-state index contributed by atoms with van der Waals surface area (Å²) < 4.78 is 5.09. The number of hydrogen-bond donors (Lipinski definition) is 2. The highest BCUT2D eigenvalue weighted by Gasteiger charge is 2.30. The molecule has 0 bridgehead atoms. The first-order valence-corrected chi connectivity index (χ1v) is 10.1. The van der Waals surface area contributed by atoms with Gasteiger partial charge in [0.2, 0.25) is 5.91 Å². The number of ether oxygens (including phenoxy) is 1. The van der Waals surface area contributed by atoms with Gasteiger partial charge in [-0.05, 0) is 32.0 Å². The molecule has 11 nitrogen and oxygen atoms in total. The van der Waals surface area contributed by atoms with Crippen molar-refractivity contribution in [2.24, 2.45) is 0 Å². The van der Waals surface area contributed by atoms with Crippen molar-refractivity contribution in [2.75, 3.05) is 16.8 Å². The zero-order valence-corrected chi connectivity index (χ0v) is 17.9. The molecule has 0 spiro atoms. The van der Waals surface area contributed by atoms with Crippen molar-refractivity contribution >= 4 is 40.8 Å². The van der Waals surface area contributed by atoms with Gasteiger partial charge in [0.1, 0.15) is 6.04 Å². The Morgan fingerprint density at radius 1 is 1.24 bits per heavy atom. The van der Waals surface area contributed by atoms with Gasteiger partial charge in [0.25, 0.3) is 17.5 Å². The Morgan fingerprint density at radius 3 is 2.70 bits per heavy atom. The molecule has 0 fully saturated rings. The van der Waals surface area contributed by atoms with Crippen LogP contribution in [0.4, 0.5) is 17.1 Å². The summed E-state index contributed by atoms with van der Waals surface area (Å²) in [6.45, 7) is 2.49. The maximum Gasteiger partial charge on any atom is 0.328 e. The van der Waals surface area contributed by atoms with Crippen LogP contribution >= 0.6 is 0 Å². The molecule has 1 aliphatic rings. The molecule has 2 atom stereocenters. The Morgan fingerprint density at radius 2 is 1.97 bits per heavy atom. The highest BCUT2D eigenvalue weighted by Crippen LogP contribution is 2.31. The van der Waals surface area contributed by atoms with Crippen LogP contribution in [0.3, 0.4) is 0 Å². The van der Waals surface area contributed by atoms with Crippen molar-refractivity contribution in [3.05, 3.63) is 64.2 Å². The average molecular weight is 454 g/mol. The summed E-state index contributed by atoms with van der Waals surface area (Å²) >= 11 is 0. The highest BCUT2D eigenvalue weighted by atomic mass is 16.6. The molecule has 1 heterocycles. The fourth-order valence-electron chi connectivity index (χ4n) is 3.39. The second kappa shape index (κ2) is 9.90. The molecule has 1 aliphatic heterocycles. The van der Waals surface area contributed by atoms with E-state index in [0.717, 1.165) is 6.07 Å². The fourth-order valence-corrected chi connectivity index (χ4v) is 3.39. The summed E-state index contributed by atoms with van der Waals surface area (Å²) in [5, 5.41) is 16.0. The number of nitrogens with zero attached hydrogens (tertiary/aromatic N) is 2. The first kappa shape index (κ1) is 23.4. The van der Waals surface area contributed by atoms with Gasteiger partial charge in [0.05, 0.1) is 16.3 Å². The number of carbonyl (C=O) groups is 4. The molecule has 0 aromatic heterocycles. The molecule has 0 aliphatic carbocycles. The highest BCUT2D eigenvalue weighted by molar-refractivity contribution is 6.05. The van der Waals surface area contributed by atoms with E-state index >= 15 is 0 Å². The molecule has 2 aromatic rings. The lowest BCUT2D eigenvalue weighted by atomic mass is 10.1. The van der Waals surface area contributed by atoms with Gasteiger partial charge < -0.3 is 20.3 Å². The van der Waals surface area contributed by atoms with E-state index in [2.05, 4.69) is 10.6 Å². The number of nitro benzene ring substituents is 1. The number of rotatable bonds is 6. The third kappa shape index (κ3) is 5.50. The Hall–Kier alpha value is -4.28. The van der Waals surface area contributed by atoms with Crippen molar-refractivity contribution in [3.8, 4) is 0 Å². The van der Waals surface area contributed by atoms with Crippen LogP contribution in [0.15, 0.2) is 48.5 Å². The van der Waals surface area contributed by atoms with Gasteiger partial charge in [-0.3, -0.25) is 24.5 Å². The molecule has 2 aromatic carbocycles. The second-order valence-corrected chi connectivity index (χ2v) is 7.49. The van der Waals surface area contributed by atoms with Gasteiger partial charge in [-0.25, -0.2) is 4.79 Å². The molecule has 172 valence electrons. The normalized spacial score (nSPS) is 16.0. The van der Waals surface area contributed by atoms with Crippen molar-refractivity contribution in [1.29, 1.82) is 0 Å². The molecule has 0 saturated heterocycles. The van der Waals surface area contributed by atoms with Gasteiger partial charge in [-0.15, -0.1) is 0 Å². The summed E-state index contributed by atoms with van der Waals surface area (Å²) in [4.78, 5) is 61.2. The summed E-state index contributed by atoms with van der Waals surface area (Å²) in [5.74, 6) is -2.32. The molecular weight excluding hydrogens is 432 g/mol. The van der Waals surface area contributed by atoms with Crippen molar-refractivity contribution < 1.29 is 28.8 Å². The third-order valence-electron chi connectivity index (χ3n) is 4.99. The van der Waals surface area contributed by atoms with E-state index in [-0.39, 0.29) is 23.6 Å². The molecule has 33 heavy (non-hydrogen) atoms. The van der Waals surface area contributed by atoms with E-state index < -0.39 is 41.4 Å². The minimum atomic E-state index is -1.11. The van der Waals surface area contributed by atoms with Crippen LogP contribution in [0.2, 0.25) is 0 Å². The molecular formula is C22H22N4O7. The number of hydrogen-bond acceptors (Lipinski definition) is 7. The number of non-ortho nitro benzene ring substituents is 1. The van der Waals surface area contributed by atoms with Crippen molar-refractivity contribution in [3.63, 3.8) is 0 Å². The van der Waals surface area contributed by atoms with Crippen molar-refractivity contribution in [2.45, 2.75) is 32.4 Å². The van der Waals surface area contributed by atoms with Crippen molar-refractivity contribution in [1.82, 2.24) is 5.32 Å². The van der Waals surface area contributed by atoms with Crippen LogP contribution in [0.25, 0.3) is 0 Å². The number of para-hydroxylation sites is 2. The van der Waals surface area contributed by atoms with Gasteiger partial charge in [0.15, 0.2) is 6.61 Å². The number of amides is 3. The number of benzene rings is 2. The quantitative estimate of drug-likeness (QED) is 0.385. The molecule has 11 heteroatoms. The average Bonchev–Trinajstić information content (AvgIpc) is 2.91. The zero-order chi connectivity index (χ0) is 24.1. The van der Waals surface area contributed by atoms with Gasteiger partial charge >= 0.3 is 5.97 Å². The number of nitrogens with one attached hydrogen (secondary N) is 2. The van der Waals surface area contributed by atoms with Crippen LogP contribution in [0.1, 0.15) is 30.6 Å². The van der Waals surface area contributed by atoms with Crippen LogP contribution in [0, 0.1) is 10.1 Å². The van der Waals surface area contributed by atoms with Crippen LogP contribution in [-0.2, 0) is 19.1 Å². The Balaban J connectivity index is 1.62. The molecule has 3 amide bonds. The minimum Gasteiger partial charge on any atom is -0.454 e. The van der Waals surface area contributed by atoms with Gasteiger partial charge in [-0.2, -0.15) is 0 Å². The van der Waals surface area contributed by atoms with Crippen LogP contribution in [-0.4, -0.2) is 47.3 Å². The topological polar surface area (TPSA) is 148 Å². The SMILES string of the molecule is CC1CC(=O)Nc2ccccc2N1C(=O)COC(=O)[C@H](C)NC(=O)c1cccc([N+](=O)[O-])c1. The van der Waals surface area contributed by atoms with E-state index in [1.54, 1.807) is 31.2 Å². The van der Waals surface area contributed by atoms with Crippen LogP contribution < -0.4 is 15.5 Å². The monoisotopic (exact) mass is 454 g/mol. The third-order valence-corrected chi connectivity index (χ3v) is 4.99. The summed E-state index contributed by atoms with van der Waals surface area (Å²) in [6.07, 6.45) is 0.0735. The van der Waals surface area contributed by atoms with E-state index in [1.807, 2.05) is 0 Å². The predicted octanol–water partition coefficient (Wildman–Crippen LogP) is 2.02. The molecule has 1 unspecified atom stereocenters. The van der Waals surface area contributed by atoms with E-state index in [0.29, 0.717) is 11.4 Å². The lowest BCUT2D eigenvalue weighted by Crippen LogP contribution is -2.44. The number of fused-ring (bicyclic) bond motifs is 1. The summed E-state index contributed by atoms with van der Waals surface area (Å²) in [6, 6.07) is 10.3. The molecule has 0 saturated carbocycles. The predicted molar refractivity (Wildman–Crippen MR) is 118 cm³/mol. The lowest BCUT2D eigenvalue weighted by Gasteiger charge is -2.27. The maximum absolute atomic E-state index is 12.9. The molecule has 0 radical (unpaired) electrons. The van der Waals surface area contributed by atoms with Crippen LogP contribution in [0.5, 0.6) is 0 Å². The first-order valence-electron chi connectivity index (χ1n) is 10.1. The summed E-state index contributed by atoms with van der Waals surface area (Å²) in [5.41, 5.74) is 0.712. The number of anilines is 2. The standard InChI is InChI=1S/C22H22N4O7/c1-13-10-19(27)24-17-8-3-4-9-18(17)25(13)20(28)12-33-22(30)14(2)23-21(29)15-6-5-7-16(11-15)26(31)32/h3-9,11,13-14H,10,12H2,1-2H3,(H,23,29)(H,24,27)/t13?,14-/m0/s1. The minimum absolute atomic E-state index is 0.00657. The van der Waals surface area contributed by atoms with E-state index in [9.17, 15) is 29.3 Å². The first-order chi connectivity index (χ1) is 15.7. The van der Waals surface area contributed by atoms with Gasteiger partial charge in [0, 0.05) is 30.2 Å². The number of esters is 1. The molecule has 3 rings (SSSR count). The zero-order valence-electron chi connectivity index (χ0n) is 17.9. The molecule has 2 N–H and O–H groups in total. The Kier molecular flexibility index (Phi) is 7.01. The summed E-state index contributed by atoms with van der Waals surface area (Å²) in [7, 11) is 0. The number of carbonyl (C=O) groups excluding carboxylic acids is 4. The van der Waals surface area contributed by atoms with E-state index in [1.165, 1.54) is 30.0 Å². The number of nitro groups is 1. The van der Waals surface area contributed by atoms with E-state index in [4.69, 9.17) is 4.74 Å². The largest absolute Gasteiger partial charge is 0.454 e. The second-order valence-electron chi connectivity index (χ2n) is 7.49. The van der Waals surface area contributed by atoms with Gasteiger partial charge in [-0.1, -0.05) is 18.2 Å². The Labute approximate surface area is 188 Å². The lowest BCUT2D eigenvalue weighted by molar-refractivity contribution is -0.384.